The molecule has 0 spiro atoms. The molecule has 1 aliphatic rings. The van der Waals surface area contributed by atoms with Gasteiger partial charge in [-0.1, -0.05) is 18.2 Å². The molecule has 1 amide bonds. The summed E-state index contributed by atoms with van der Waals surface area (Å²) >= 11 is 1.67. The van der Waals surface area contributed by atoms with Crippen LogP contribution in [-0.2, 0) is 23.6 Å². The van der Waals surface area contributed by atoms with Gasteiger partial charge in [0.05, 0.1) is 5.52 Å². The molecule has 0 aliphatic carbocycles. The van der Waals surface area contributed by atoms with Gasteiger partial charge in [0.1, 0.15) is 10.6 Å². The maximum atomic E-state index is 13.0. The molecule has 0 unspecified atom stereocenters. The van der Waals surface area contributed by atoms with Gasteiger partial charge in [0.15, 0.2) is 0 Å². The molecule has 4 rings (SSSR count). The first-order valence-electron chi connectivity index (χ1n) is 9.63. The summed E-state index contributed by atoms with van der Waals surface area (Å²) in [5, 5.41) is 4.23. The summed E-state index contributed by atoms with van der Waals surface area (Å²) in [5.41, 5.74) is 2.70. The lowest BCUT2D eigenvalue weighted by Crippen LogP contribution is -2.51. The van der Waals surface area contributed by atoms with Crippen molar-refractivity contribution in [3.8, 4) is 0 Å². The number of benzene rings is 1. The van der Waals surface area contributed by atoms with E-state index in [1.807, 2.05) is 36.6 Å². The van der Waals surface area contributed by atoms with Gasteiger partial charge in [-0.25, -0.2) is 8.42 Å². The smallest absolute Gasteiger partial charge is 0.268 e. The predicted octanol–water partition coefficient (Wildman–Crippen LogP) is 2.55. The van der Waals surface area contributed by atoms with E-state index in [0.717, 1.165) is 16.5 Å². The zero-order valence-electron chi connectivity index (χ0n) is 17.1. The summed E-state index contributed by atoms with van der Waals surface area (Å²) in [6.45, 7) is 3.07. The lowest BCUT2D eigenvalue weighted by atomic mass is 10.1. The lowest BCUT2D eigenvalue weighted by molar-refractivity contribution is 0.0942. The largest absolute Gasteiger partial charge is 0.347 e. The van der Waals surface area contributed by atoms with Gasteiger partial charge in [-0.3, -0.25) is 9.78 Å². The van der Waals surface area contributed by atoms with E-state index < -0.39 is 10.0 Å². The molecule has 0 radical (unpaired) electrons. The highest BCUT2D eigenvalue weighted by atomic mass is 32.2. The van der Waals surface area contributed by atoms with Gasteiger partial charge in [-0.2, -0.15) is 16.1 Å². The maximum absolute atomic E-state index is 13.0. The molecule has 1 aliphatic heterocycles. The van der Waals surface area contributed by atoms with Crippen LogP contribution in [0.1, 0.15) is 21.7 Å². The van der Waals surface area contributed by atoms with Crippen LogP contribution in [0.5, 0.6) is 0 Å². The topological polar surface area (TPSA) is 84.3 Å². The van der Waals surface area contributed by atoms with Crippen molar-refractivity contribution < 1.29 is 13.2 Å². The molecule has 1 saturated heterocycles. The minimum Gasteiger partial charge on any atom is -0.347 e. The number of nitrogens with one attached hydrogen (secondary N) is 1. The van der Waals surface area contributed by atoms with Crippen molar-refractivity contribution in [2.24, 2.45) is 7.05 Å². The minimum atomic E-state index is -3.60. The van der Waals surface area contributed by atoms with Crippen molar-refractivity contribution in [2.75, 3.05) is 19.3 Å². The minimum absolute atomic E-state index is 0.198. The number of pyridine rings is 1. The molecule has 9 heteroatoms. The molecule has 158 valence electrons. The summed E-state index contributed by atoms with van der Waals surface area (Å²) in [7, 11) is -1.88. The molecule has 2 aromatic heterocycles. The zero-order chi connectivity index (χ0) is 21.5. The molecule has 1 N–H and O–H groups in total. The summed E-state index contributed by atoms with van der Waals surface area (Å²) < 4.78 is 29.1. The Bertz CT molecular complexity index is 1210. The van der Waals surface area contributed by atoms with Crippen molar-refractivity contribution >= 4 is 38.6 Å². The molecule has 1 aromatic carbocycles. The van der Waals surface area contributed by atoms with E-state index in [2.05, 4.69) is 10.3 Å². The van der Waals surface area contributed by atoms with Gasteiger partial charge in [0.25, 0.3) is 5.91 Å². The van der Waals surface area contributed by atoms with E-state index in [1.165, 1.54) is 10.4 Å². The average Bonchev–Trinajstić information content (AvgIpc) is 3.01. The SMILES string of the molecule is CSC1CN(S(=O)(=O)c2cc(C(=O)NCc3cccc4ncccc34)n(C)c2C)C1. The summed E-state index contributed by atoms with van der Waals surface area (Å²) in [5.74, 6) is -0.312. The molecule has 0 bridgehead atoms. The second kappa shape index (κ2) is 8.05. The Balaban J connectivity index is 1.54. The summed E-state index contributed by atoms with van der Waals surface area (Å²) in [6.07, 6.45) is 3.72. The van der Waals surface area contributed by atoms with E-state index >= 15 is 0 Å². The van der Waals surface area contributed by atoms with Gasteiger partial charge in [-0.05, 0) is 36.9 Å². The Labute approximate surface area is 180 Å². The fraction of sp³-hybridized carbons (Fsp3) is 0.333. The number of hydrogen-bond acceptors (Lipinski definition) is 5. The number of carbonyl (C=O) groups is 1. The average molecular weight is 445 g/mol. The fourth-order valence-electron chi connectivity index (χ4n) is 3.62. The van der Waals surface area contributed by atoms with Crippen molar-refractivity contribution in [3.63, 3.8) is 0 Å². The van der Waals surface area contributed by atoms with Gasteiger partial charge in [0, 0.05) is 49.2 Å². The number of sulfonamides is 1. The Hall–Kier alpha value is -2.36. The lowest BCUT2D eigenvalue weighted by Gasteiger charge is -2.36. The number of thioether (sulfide) groups is 1. The van der Waals surface area contributed by atoms with E-state index in [0.29, 0.717) is 36.3 Å². The van der Waals surface area contributed by atoms with Crippen molar-refractivity contribution in [1.82, 2.24) is 19.2 Å². The zero-order valence-corrected chi connectivity index (χ0v) is 18.8. The molecule has 7 nitrogen and oxygen atoms in total. The Morgan fingerprint density at radius 1 is 1.27 bits per heavy atom. The third-order valence-corrected chi connectivity index (χ3v) is 8.57. The number of rotatable bonds is 6. The van der Waals surface area contributed by atoms with Crippen LogP contribution in [0.2, 0.25) is 0 Å². The number of carbonyl (C=O) groups excluding carboxylic acids is 1. The van der Waals surface area contributed by atoms with Crippen LogP contribution < -0.4 is 5.32 Å². The second-order valence-corrected chi connectivity index (χ2v) is 10.4. The number of hydrogen-bond donors (Lipinski definition) is 1. The molecular formula is C21H24N4O3S2. The summed E-state index contributed by atoms with van der Waals surface area (Å²) in [4.78, 5) is 17.4. The Kier molecular flexibility index (Phi) is 5.61. The van der Waals surface area contributed by atoms with Gasteiger partial charge >= 0.3 is 0 Å². The van der Waals surface area contributed by atoms with Gasteiger partial charge in [-0.15, -0.1) is 0 Å². The van der Waals surface area contributed by atoms with Crippen LogP contribution in [0, 0.1) is 6.92 Å². The number of amides is 1. The number of fused-ring (bicyclic) bond motifs is 1. The predicted molar refractivity (Wildman–Crippen MR) is 119 cm³/mol. The molecule has 3 heterocycles. The molecule has 3 aromatic rings. The van der Waals surface area contributed by atoms with Crippen molar-refractivity contribution in [2.45, 2.75) is 23.6 Å². The third-order valence-electron chi connectivity index (χ3n) is 5.66. The normalized spacial score (nSPS) is 15.3. The molecule has 30 heavy (non-hydrogen) atoms. The fourth-order valence-corrected chi connectivity index (χ4v) is 6.27. The van der Waals surface area contributed by atoms with Crippen LogP contribution in [0.3, 0.4) is 0 Å². The molecular weight excluding hydrogens is 420 g/mol. The van der Waals surface area contributed by atoms with E-state index in [4.69, 9.17) is 0 Å². The van der Waals surface area contributed by atoms with Gasteiger partial charge in [0.2, 0.25) is 10.0 Å². The summed E-state index contributed by atoms with van der Waals surface area (Å²) in [6, 6.07) is 11.1. The molecule has 0 saturated carbocycles. The maximum Gasteiger partial charge on any atom is 0.268 e. The third kappa shape index (κ3) is 3.61. The van der Waals surface area contributed by atoms with Crippen LogP contribution in [-0.4, -0.2) is 52.8 Å². The van der Waals surface area contributed by atoms with Crippen LogP contribution >= 0.6 is 11.8 Å². The Morgan fingerprint density at radius 3 is 2.77 bits per heavy atom. The van der Waals surface area contributed by atoms with Gasteiger partial charge < -0.3 is 9.88 Å². The number of aromatic nitrogens is 2. The monoisotopic (exact) mass is 444 g/mol. The standard InChI is InChI=1S/C21H24N4O3S2/c1-14-20(30(27,28)25-12-16(13-25)29-3)10-19(24(14)2)21(26)23-11-15-6-4-8-18-17(15)7-5-9-22-18/h4-10,16H,11-13H2,1-3H3,(H,23,26). The Morgan fingerprint density at radius 2 is 2.03 bits per heavy atom. The van der Waals surface area contributed by atoms with Crippen molar-refractivity contribution in [3.05, 3.63) is 59.5 Å². The van der Waals surface area contributed by atoms with Crippen molar-refractivity contribution in [1.29, 1.82) is 0 Å². The quantitative estimate of drug-likeness (QED) is 0.632. The second-order valence-electron chi connectivity index (χ2n) is 7.39. The van der Waals surface area contributed by atoms with Crippen LogP contribution in [0.4, 0.5) is 0 Å². The van der Waals surface area contributed by atoms with E-state index in [-0.39, 0.29) is 10.8 Å². The van der Waals surface area contributed by atoms with E-state index in [9.17, 15) is 13.2 Å². The van der Waals surface area contributed by atoms with Crippen LogP contribution in [0.15, 0.2) is 47.5 Å². The first-order chi connectivity index (χ1) is 14.3. The highest BCUT2D eigenvalue weighted by molar-refractivity contribution is 7.99. The van der Waals surface area contributed by atoms with E-state index in [1.54, 1.807) is 36.5 Å². The molecule has 0 atom stereocenters. The molecule has 1 fully saturated rings. The first-order valence-corrected chi connectivity index (χ1v) is 12.4. The highest BCUT2D eigenvalue weighted by Crippen LogP contribution is 2.30. The van der Waals surface area contributed by atoms with Crippen LogP contribution in [0.25, 0.3) is 10.9 Å². The first kappa shape index (κ1) is 20.9. The highest BCUT2D eigenvalue weighted by Gasteiger charge is 2.38. The number of nitrogens with zero attached hydrogens (tertiary/aromatic N) is 3.